The summed E-state index contributed by atoms with van der Waals surface area (Å²) in [6.45, 7) is 0.188. The number of nitrogens with one attached hydrogen (secondary N) is 6. The molecule has 72 heavy (non-hydrogen) atoms. The molecule has 1 aliphatic heterocycles. The molecule has 0 bridgehead atoms. The second kappa shape index (κ2) is 26.8. The zero-order valence-electron chi connectivity index (χ0n) is 39.4. The van der Waals surface area contributed by atoms with Crippen LogP contribution in [0.3, 0.4) is 0 Å². The second-order valence-electron chi connectivity index (χ2n) is 17.2. The number of para-hydroxylation sites is 1. The van der Waals surface area contributed by atoms with Crippen molar-refractivity contribution in [3.63, 3.8) is 0 Å². The lowest BCUT2D eigenvalue weighted by molar-refractivity contribution is -0.142. The molecule has 23 nitrogen and oxygen atoms in total. The zero-order valence-corrected chi connectivity index (χ0v) is 40.3. The molecule has 4 aromatic rings. The Bertz CT molecular complexity index is 2600. The maximum atomic E-state index is 14.7. The fraction of sp³-hybridized carbons (Fsp3) is 0.404. The first kappa shape index (κ1) is 54.8. The molecule has 5 rings (SSSR count). The van der Waals surface area contributed by atoms with Crippen LogP contribution in [0.15, 0.2) is 82.2 Å². The summed E-state index contributed by atoms with van der Waals surface area (Å²) >= 11 is 1.38. The first-order valence-electron chi connectivity index (χ1n) is 23.2. The van der Waals surface area contributed by atoms with Gasteiger partial charge in [-0.25, -0.2) is 4.39 Å². The fourth-order valence-electron chi connectivity index (χ4n) is 8.16. The Morgan fingerprint density at radius 3 is 1.94 bits per heavy atom. The van der Waals surface area contributed by atoms with E-state index in [1.165, 1.54) is 40.5 Å². The molecule has 2 aromatic heterocycles. The summed E-state index contributed by atoms with van der Waals surface area (Å²) in [5.41, 5.74) is 34.6. The highest BCUT2D eigenvalue weighted by Crippen LogP contribution is 2.22. The quantitative estimate of drug-likeness (QED) is 0.0180. The van der Waals surface area contributed by atoms with Gasteiger partial charge in [-0.2, -0.15) is 0 Å². The Kier molecular flexibility index (Phi) is 20.4. The number of aromatic nitrogens is 1. The van der Waals surface area contributed by atoms with Crippen LogP contribution < -0.4 is 61.0 Å². The van der Waals surface area contributed by atoms with E-state index in [0.29, 0.717) is 17.5 Å². The monoisotopic (exact) mass is 1020 g/mol. The summed E-state index contributed by atoms with van der Waals surface area (Å²) in [5, 5.41) is 16.0. The number of hydrogen-bond acceptors (Lipinski definition) is 11. The van der Waals surface area contributed by atoms with Crippen LogP contribution in [0.5, 0.6) is 0 Å². The average molecular weight is 1020 g/mol. The number of primary amides is 2. The summed E-state index contributed by atoms with van der Waals surface area (Å²) < 4.78 is 14.1. The molecule has 3 heterocycles. The van der Waals surface area contributed by atoms with Gasteiger partial charge in [-0.15, -0.1) is 11.3 Å². The van der Waals surface area contributed by atoms with Gasteiger partial charge < -0.3 is 70.9 Å². The van der Waals surface area contributed by atoms with Gasteiger partial charge in [-0.05, 0) is 79.3 Å². The summed E-state index contributed by atoms with van der Waals surface area (Å²) in [5.74, 6) is -7.21. The van der Waals surface area contributed by atoms with Crippen molar-refractivity contribution < 1.29 is 42.7 Å². The van der Waals surface area contributed by atoms with Gasteiger partial charge >= 0.3 is 0 Å². The lowest BCUT2D eigenvalue weighted by Crippen LogP contribution is -2.60. The molecule has 1 aliphatic rings. The molecule has 1 saturated heterocycles. The van der Waals surface area contributed by atoms with Crippen molar-refractivity contribution in [3.8, 4) is 0 Å². The summed E-state index contributed by atoms with van der Waals surface area (Å²) in [6, 6.07) is 8.41. The molecule has 0 spiro atoms. The Morgan fingerprint density at radius 2 is 1.32 bits per heavy atom. The van der Waals surface area contributed by atoms with Gasteiger partial charge in [0.25, 0.3) is 0 Å². The number of fused-ring (bicyclic) bond motifs is 1. The van der Waals surface area contributed by atoms with Gasteiger partial charge in [0, 0.05) is 54.5 Å². The van der Waals surface area contributed by atoms with E-state index in [-0.39, 0.29) is 82.9 Å². The molecule has 0 aliphatic carbocycles. The molecule has 386 valence electrons. The number of hydrogen-bond donors (Lipinski definition) is 12. The topological polar surface area (TPSA) is 397 Å². The highest BCUT2D eigenvalue weighted by Gasteiger charge is 2.40. The number of carbonyl (C=O) groups is 8. The number of nitrogens with zero attached hydrogens (tertiary/aromatic N) is 3. The number of aromatic amines is 1. The van der Waals surface area contributed by atoms with E-state index < -0.39 is 95.7 Å². The summed E-state index contributed by atoms with van der Waals surface area (Å²) in [6.07, 6.45) is 1.72. The Labute approximate surface area is 417 Å². The first-order valence-corrected chi connectivity index (χ1v) is 24.1. The van der Waals surface area contributed by atoms with Crippen LogP contribution in [0.2, 0.25) is 0 Å². The maximum absolute atomic E-state index is 14.7. The number of aliphatic imine (C=N–C) groups is 2. The van der Waals surface area contributed by atoms with Crippen molar-refractivity contribution in [2.45, 2.75) is 100 Å². The fourth-order valence-corrected chi connectivity index (χ4v) is 8.86. The molecule has 2 aromatic carbocycles. The van der Waals surface area contributed by atoms with E-state index >= 15 is 0 Å². The molecule has 0 unspecified atom stereocenters. The molecular formula is C47H62FN15O8S. The molecule has 6 atom stereocenters. The van der Waals surface area contributed by atoms with E-state index in [1.54, 1.807) is 18.3 Å². The van der Waals surface area contributed by atoms with E-state index in [0.717, 1.165) is 15.8 Å². The minimum Gasteiger partial charge on any atom is -0.370 e. The number of guanidine groups is 2. The van der Waals surface area contributed by atoms with E-state index in [4.69, 9.17) is 34.4 Å². The molecule has 1 fully saturated rings. The number of likely N-dealkylation sites (tertiary alicyclic amines) is 1. The minimum atomic E-state index is -1.49. The summed E-state index contributed by atoms with van der Waals surface area (Å²) in [4.78, 5) is 122. The maximum Gasteiger partial charge on any atom is 0.245 e. The SMILES string of the molecule is NC(=O)C[C@H](NC(=O)[C@H](CCCN=C(N)N)NC(=O)[C@@H]1CCCN1C(=O)[C@H](CCCN=C(N)N)NC(=O)[C@H](Cc1ccc(F)cc1)NC(=O)[C@H](Cc1c[nH]c2ccccc12)NC(=O)Cc1cccs1)C(N)=O. The van der Waals surface area contributed by atoms with Crippen LogP contribution in [0.1, 0.15) is 60.9 Å². The molecule has 25 heteroatoms. The standard InChI is InChI=1S/C47H62FN15O8S/c48-28-15-13-26(14-16-28)21-35(62-43(69)36(58-39(65)23-29-7-6-20-72-29)22-27-25-57-31-9-2-1-8-30(27)31)42(68)60-33(11-4-18-56-47(53)54)45(71)63-19-5-12-37(63)44(70)59-32(10-3-17-55-46(51)52)41(67)61-34(40(50)66)24-38(49)64/h1-2,6-9,13-16,20,25,32-37,57H,3-5,10-12,17-19,21-24H2,(H2,49,64)(H2,50,66)(H,58,65)(H,59,70)(H,60,68)(H,61,67)(H,62,69)(H4,51,52,55)(H4,53,54,56)/t32-,33-,34-,35-,36-,37-/m0/s1. The van der Waals surface area contributed by atoms with Gasteiger partial charge in [0.15, 0.2) is 11.9 Å². The van der Waals surface area contributed by atoms with Crippen molar-refractivity contribution in [1.29, 1.82) is 0 Å². The van der Waals surface area contributed by atoms with Gasteiger partial charge in [-0.1, -0.05) is 36.4 Å². The number of carbonyl (C=O) groups excluding carboxylic acids is 8. The van der Waals surface area contributed by atoms with Crippen molar-refractivity contribution in [2.24, 2.45) is 44.4 Å². The van der Waals surface area contributed by atoms with Crippen LogP contribution in [0, 0.1) is 5.82 Å². The molecular weight excluding hydrogens is 954 g/mol. The number of nitrogens with two attached hydrogens (primary N) is 6. The highest BCUT2D eigenvalue weighted by molar-refractivity contribution is 7.10. The predicted molar refractivity (Wildman–Crippen MR) is 267 cm³/mol. The zero-order chi connectivity index (χ0) is 52.3. The van der Waals surface area contributed by atoms with Crippen LogP contribution in [0.4, 0.5) is 4.39 Å². The van der Waals surface area contributed by atoms with Gasteiger partial charge in [-0.3, -0.25) is 48.3 Å². The lowest BCUT2D eigenvalue weighted by atomic mass is 10.0. The van der Waals surface area contributed by atoms with Crippen LogP contribution in [-0.4, -0.2) is 125 Å². The summed E-state index contributed by atoms with van der Waals surface area (Å²) in [7, 11) is 0. The molecule has 0 saturated carbocycles. The second-order valence-corrected chi connectivity index (χ2v) is 18.2. The van der Waals surface area contributed by atoms with Gasteiger partial charge in [0.05, 0.1) is 12.8 Å². The third-order valence-corrected chi connectivity index (χ3v) is 12.6. The third-order valence-electron chi connectivity index (χ3n) is 11.7. The van der Waals surface area contributed by atoms with Crippen LogP contribution in [0.25, 0.3) is 10.9 Å². The number of halogens is 1. The number of benzene rings is 2. The number of H-pyrrole nitrogens is 1. The van der Waals surface area contributed by atoms with E-state index in [1.807, 2.05) is 29.6 Å². The number of rotatable bonds is 27. The molecule has 18 N–H and O–H groups in total. The minimum absolute atomic E-state index is 0.00597. The van der Waals surface area contributed by atoms with Crippen molar-refractivity contribution in [1.82, 2.24) is 36.5 Å². The average Bonchev–Trinajstić information content (AvgIpc) is 4.13. The normalized spacial score (nSPS) is 15.2. The molecule has 8 amide bonds. The first-order chi connectivity index (χ1) is 34.4. The van der Waals surface area contributed by atoms with Crippen LogP contribution >= 0.6 is 11.3 Å². The Balaban J connectivity index is 1.41. The highest BCUT2D eigenvalue weighted by atomic mass is 32.1. The number of amides is 8. The van der Waals surface area contributed by atoms with Crippen molar-refractivity contribution in [3.05, 3.63) is 94.1 Å². The third kappa shape index (κ3) is 16.8. The smallest absolute Gasteiger partial charge is 0.245 e. The largest absolute Gasteiger partial charge is 0.370 e. The van der Waals surface area contributed by atoms with Gasteiger partial charge in [0.1, 0.15) is 42.1 Å². The lowest BCUT2D eigenvalue weighted by Gasteiger charge is -2.31. The molecule has 0 radical (unpaired) electrons. The Morgan fingerprint density at radius 1 is 0.708 bits per heavy atom. The number of thiophene rings is 1. The predicted octanol–water partition coefficient (Wildman–Crippen LogP) is -1.72. The van der Waals surface area contributed by atoms with E-state index in [2.05, 4.69) is 41.6 Å². The Hall–Kier alpha value is -8.09. The van der Waals surface area contributed by atoms with Crippen LogP contribution in [-0.2, 0) is 57.6 Å². The van der Waals surface area contributed by atoms with E-state index in [9.17, 15) is 42.7 Å². The van der Waals surface area contributed by atoms with Crippen molar-refractivity contribution >= 4 is 81.4 Å². The van der Waals surface area contributed by atoms with Gasteiger partial charge in [0.2, 0.25) is 47.3 Å². The van der Waals surface area contributed by atoms with Crippen molar-refractivity contribution in [2.75, 3.05) is 19.6 Å².